The molecule has 0 atom stereocenters. The molecule has 0 unspecified atom stereocenters. The van der Waals surface area contributed by atoms with Gasteiger partial charge in [0.05, 0.1) is 10.6 Å². The third kappa shape index (κ3) is 4.00. The molecule has 1 amide bonds. The molecule has 0 aliphatic heterocycles. The van der Waals surface area contributed by atoms with Crippen molar-refractivity contribution in [1.29, 1.82) is 0 Å². The SMILES string of the molecule is CCS(=O)(=O)c1cccc(C(=O)Nc2nnc(-c3cccc(Br)c3)o2)c1. The van der Waals surface area contributed by atoms with Gasteiger partial charge in [-0.15, -0.1) is 5.10 Å². The topological polar surface area (TPSA) is 102 Å². The highest BCUT2D eigenvalue weighted by atomic mass is 79.9. The van der Waals surface area contributed by atoms with Gasteiger partial charge in [-0.2, -0.15) is 0 Å². The number of carbonyl (C=O) groups excluding carboxylic acids is 1. The monoisotopic (exact) mass is 435 g/mol. The molecule has 1 heterocycles. The van der Waals surface area contributed by atoms with E-state index in [0.29, 0.717) is 5.56 Å². The van der Waals surface area contributed by atoms with Crippen LogP contribution in [0.4, 0.5) is 6.01 Å². The number of aromatic nitrogens is 2. The summed E-state index contributed by atoms with van der Waals surface area (Å²) in [5.74, 6) is -0.330. The van der Waals surface area contributed by atoms with Crippen molar-refractivity contribution in [2.24, 2.45) is 0 Å². The highest BCUT2D eigenvalue weighted by molar-refractivity contribution is 9.10. The lowest BCUT2D eigenvalue weighted by molar-refractivity contribution is 0.102. The molecular weight excluding hydrogens is 422 g/mol. The van der Waals surface area contributed by atoms with E-state index in [-0.39, 0.29) is 28.1 Å². The fourth-order valence-corrected chi connectivity index (χ4v) is 3.50. The number of carbonyl (C=O) groups is 1. The molecule has 134 valence electrons. The second kappa shape index (κ2) is 7.38. The van der Waals surface area contributed by atoms with Crippen molar-refractivity contribution < 1.29 is 17.6 Å². The van der Waals surface area contributed by atoms with Crippen molar-refractivity contribution in [1.82, 2.24) is 10.2 Å². The number of nitrogens with zero attached hydrogens (tertiary/aromatic N) is 2. The minimum atomic E-state index is -3.40. The van der Waals surface area contributed by atoms with Gasteiger partial charge >= 0.3 is 6.01 Å². The summed E-state index contributed by atoms with van der Waals surface area (Å²) < 4.78 is 30.2. The van der Waals surface area contributed by atoms with Gasteiger partial charge in [0.2, 0.25) is 5.89 Å². The largest absolute Gasteiger partial charge is 0.403 e. The van der Waals surface area contributed by atoms with Crippen LogP contribution in [0.15, 0.2) is 62.3 Å². The quantitative estimate of drug-likeness (QED) is 0.657. The third-order valence-corrected chi connectivity index (χ3v) is 5.78. The number of anilines is 1. The molecule has 3 aromatic rings. The van der Waals surface area contributed by atoms with Gasteiger partial charge in [-0.1, -0.05) is 40.1 Å². The molecular formula is C17H14BrN3O4S. The number of sulfone groups is 1. The van der Waals surface area contributed by atoms with Gasteiger partial charge in [0.25, 0.3) is 5.91 Å². The van der Waals surface area contributed by atoms with E-state index < -0.39 is 15.7 Å². The first-order valence-corrected chi connectivity index (χ1v) is 10.1. The molecule has 0 radical (unpaired) electrons. The highest BCUT2D eigenvalue weighted by Gasteiger charge is 2.16. The Labute approximate surface area is 158 Å². The standard InChI is InChI=1S/C17H14BrN3O4S/c1-2-26(23,24)14-8-4-5-11(10-14)15(22)19-17-21-20-16(25-17)12-6-3-7-13(18)9-12/h3-10H,2H2,1H3,(H,19,21,22). The van der Waals surface area contributed by atoms with Crippen molar-refractivity contribution in [2.45, 2.75) is 11.8 Å². The van der Waals surface area contributed by atoms with Crippen LogP contribution in [0.1, 0.15) is 17.3 Å². The molecule has 7 nitrogen and oxygen atoms in total. The molecule has 2 aromatic carbocycles. The molecule has 1 aromatic heterocycles. The van der Waals surface area contributed by atoms with Crippen molar-refractivity contribution in [3.63, 3.8) is 0 Å². The lowest BCUT2D eigenvalue weighted by atomic mass is 10.2. The number of rotatable bonds is 5. The van der Waals surface area contributed by atoms with E-state index in [4.69, 9.17) is 4.42 Å². The average Bonchev–Trinajstić information content (AvgIpc) is 3.10. The van der Waals surface area contributed by atoms with Gasteiger partial charge in [0, 0.05) is 15.6 Å². The molecule has 0 saturated carbocycles. The van der Waals surface area contributed by atoms with Crippen LogP contribution in [0, 0.1) is 0 Å². The molecule has 0 fully saturated rings. The Hall–Kier alpha value is -2.52. The Bertz CT molecular complexity index is 1060. The van der Waals surface area contributed by atoms with Gasteiger partial charge in [0.1, 0.15) is 0 Å². The van der Waals surface area contributed by atoms with E-state index in [1.54, 1.807) is 19.1 Å². The maximum atomic E-state index is 12.3. The number of amides is 1. The number of halogens is 1. The summed E-state index contributed by atoms with van der Waals surface area (Å²) in [6.07, 6.45) is 0. The zero-order valence-corrected chi connectivity index (χ0v) is 16.0. The van der Waals surface area contributed by atoms with Gasteiger partial charge in [-0.3, -0.25) is 10.1 Å². The lowest BCUT2D eigenvalue weighted by Gasteiger charge is -2.04. The van der Waals surface area contributed by atoms with Crippen molar-refractivity contribution in [3.8, 4) is 11.5 Å². The molecule has 0 aliphatic carbocycles. The summed E-state index contributed by atoms with van der Waals surface area (Å²) >= 11 is 3.36. The maximum Gasteiger partial charge on any atom is 0.322 e. The minimum absolute atomic E-state index is 0.0439. The Morgan fingerprint density at radius 1 is 1.15 bits per heavy atom. The number of benzene rings is 2. The van der Waals surface area contributed by atoms with E-state index in [0.717, 1.165) is 4.47 Å². The smallest absolute Gasteiger partial charge is 0.322 e. The van der Waals surface area contributed by atoms with E-state index in [9.17, 15) is 13.2 Å². The summed E-state index contributed by atoms with van der Waals surface area (Å²) in [5, 5.41) is 10.2. The first kappa shape index (κ1) is 18.3. The summed E-state index contributed by atoms with van der Waals surface area (Å²) in [6.45, 7) is 1.55. The first-order chi connectivity index (χ1) is 12.4. The van der Waals surface area contributed by atoms with E-state index >= 15 is 0 Å². The van der Waals surface area contributed by atoms with Crippen molar-refractivity contribution >= 4 is 37.7 Å². The van der Waals surface area contributed by atoms with Gasteiger partial charge in [-0.05, 0) is 36.4 Å². The van der Waals surface area contributed by atoms with Crippen LogP contribution < -0.4 is 5.32 Å². The summed E-state index contributed by atoms with van der Waals surface area (Å²) in [7, 11) is -3.40. The minimum Gasteiger partial charge on any atom is -0.403 e. The highest BCUT2D eigenvalue weighted by Crippen LogP contribution is 2.23. The number of hydrogen-bond donors (Lipinski definition) is 1. The molecule has 0 spiro atoms. The first-order valence-electron chi connectivity index (χ1n) is 7.62. The molecule has 0 aliphatic rings. The normalized spacial score (nSPS) is 11.3. The third-order valence-electron chi connectivity index (χ3n) is 3.55. The lowest BCUT2D eigenvalue weighted by Crippen LogP contribution is -2.13. The predicted molar refractivity (Wildman–Crippen MR) is 99.6 cm³/mol. The van der Waals surface area contributed by atoms with Crippen molar-refractivity contribution in [3.05, 3.63) is 58.6 Å². The fourth-order valence-electron chi connectivity index (χ4n) is 2.18. The van der Waals surface area contributed by atoms with Crippen LogP contribution in [-0.2, 0) is 9.84 Å². The fraction of sp³-hybridized carbons (Fsp3) is 0.118. The van der Waals surface area contributed by atoms with Crippen LogP contribution in [0.3, 0.4) is 0 Å². The van der Waals surface area contributed by atoms with Crippen LogP contribution in [-0.4, -0.2) is 30.3 Å². The Balaban J connectivity index is 1.80. The molecule has 9 heteroatoms. The molecule has 0 saturated heterocycles. The van der Waals surface area contributed by atoms with Crippen LogP contribution >= 0.6 is 15.9 Å². The number of hydrogen-bond acceptors (Lipinski definition) is 6. The zero-order chi connectivity index (χ0) is 18.7. The maximum absolute atomic E-state index is 12.3. The molecule has 0 bridgehead atoms. The molecule has 26 heavy (non-hydrogen) atoms. The van der Waals surface area contributed by atoms with Crippen molar-refractivity contribution in [2.75, 3.05) is 11.1 Å². The average molecular weight is 436 g/mol. The van der Waals surface area contributed by atoms with Gasteiger partial charge < -0.3 is 4.42 Å². The van der Waals surface area contributed by atoms with Crippen LogP contribution in [0.2, 0.25) is 0 Å². The Morgan fingerprint density at radius 2 is 1.92 bits per heavy atom. The second-order valence-corrected chi connectivity index (χ2v) is 8.50. The Kier molecular flexibility index (Phi) is 5.19. The summed E-state index contributed by atoms with van der Waals surface area (Å²) in [6, 6.07) is 13.0. The predicted octanol–water partition coefficient (Wildman–Crippen LogP) is 3.55. The summed E-state index contributed by atoms with van der Waals surface area (Å²) in [4.78, 5) is 12.4. The zero-order valence-electron chi connectivity index (χ0n) is 13.6. The number of nitrogens with one attached hydrogen (secondary N) is 1. The van der Waals surface area contributed by atoms with Gasteiger partial charge in [0.15, 0.2) is 9.84 Å². The Morgan fingerprint density at radius 3 is 2.65 bits per heavy atom. The van der Waals surface area contributed by atoms with Crippen LogP contribution in [0.5, 0.6) is 0 Å². The second-order valence-electron chi connectivity index (χ2n) is 5.31. The molecule has 1 N–H and O–H groups in total. The van der Waals surface area contributed by atoms with Crippen LogP contribution in [0.25, 0.3) is 11.5 Å². The summed E-state index contributed by atoms with van der Waals surface area (Å²) in [5.41, 5.74) is 0.880. The van der Waals surface area contributed by atoms with Gasteiger partial charge in [-0.25, -0.2) is 8.42 Å². The van der Waals surface area contributed by atoms with E-state index in [2.05, 4.69) is 31.4 Å². The van der Waals surface area contributed by atoms with E-state index in [1.165, 1.54) is 24.3 Å². The molecule has 3 rings (SSSR count). The van der Waals surface area contributed by atoms with E-state index in [1.807, 2.05) is 12.1 Å².